The largest absolute Gasteiger partial charge is 0.484 e. The third kappa shape index (κ3) is 7.86. The SMILES string of the molecule is CCOC(=O)c1c(NC(=O)C(C)Sc2nnc(CNC(=O)COc3ccccc3)n2Cc2ccccc2)sc2c1CCCC2. The zero-order valence-corrected chi connectivity index (χ0v) is 26.3. The Bertz CT molecular complexity index is 1590. The van der Waals surface area contributed by atoms with Crippen LogP contribution in [0, 0.1) is 0 Å². The van der Waals surface area contributed by atoms with E-state index < -0.39 is 11.2 Å². The number of para-hydroxylation sites is 1. The average molecular weight is 634 g/mol. The van der Waals surface area contributed by atoms with Crippen LogP contribution in [0.1, 0.15) is 58.9 Å². The highest BCUT2D eigenvalue weighted by molar-refractivity contribution is 8.00. The lowest BCUT2D eigenvalue weighted by Crippen LogP contribution is -2.29. The van der Waals surface area contributed by atoms with E-state index in [4.69, 9.17) is 9.47 Å². The van der Waals surface area contributed by atoms with Gasteiger partial charge in [-0.25, -0.2) is 4.79 Å². The Morgan fingerprint density at radius 3 is 2.50 bits per heavy atom. The quantitative estimate of drug-likeness (QED) is 0.151. The smallest absolute Gasteiger partial charge is 0.341 e. The maximum atomic E-state index is 13.4. The van der Waals surface area contributed by atoms with Crippen molar-refractivity contribution in [1.82, 2.24) is 20.1 Å². The lowest BCUT2D eigenvalue weighted by atomic mass is 9.95. The number of amides is 2. The zero-order chi connectivity index (χ0) is 30.9. The number of benzene rings is 2. The molecule has 0 radical (unpaired) electrons. The predicted molar refractivity (Wildman–Crippen MR) is 170 cm³/mol. The molecule has 10 nitrogen and oxygen atoms in total. The van der Waals surface area contributed by atoms with Gasteiger partial charge in [0.25, 0.3) is 5.91 Å². The van der Waals surface area contributed by atoms with Crippen molar-refractivity contribution in [1.29, 1.82) is 0 Å². The molecule has 0 aliphatic heterocycles. The van der Waals surface area contributed by atoms with Crippen LogP contribution in [-0.4, -0.2) is 51.0 Å². The van der Waals surface area contributed by atoms with Crippen LogP contribution in [0.3, 0.4) is 0 Å². The number of hydrogen-bond donors (Lipinski definition) is 2. The first-order valence-corrected chi connectivity index (χ1v) is 16.3. The average Bonchev–Trinajstić information content (AvgIpc) is 3.60. The summed E-state index contributed by atoms with van der Waals surface area (Å²) in [4.78, 5) is 39.9. The van der Waals surface area contributed by atoms with Crippen molar-refractivity contribution >= 4 is 45.9 Å². The summed E-state index contributed by atoms with van der Waals surface area (Å²) in [6.07, 6.45) is 3.78. The van der Waals surface area contributed by atoms with E-state index in [-0.39, 0.29) is 31.6 Å². The van der Waals surface area contributed by atoms with E-state index in [1.54, 1.807) is 26.0 Å². The molecule has 1 aliphatic carbocycles. The maximum Gasteiger partial charge on any atom is 0.341 e. The van der Waals surface area contributed by atoms with Gasteiger partial charge < -0.3 is 24.7 Å². The minimum Gasteiger partial charge on any atom is -0.484 e. The van der Waals surface area contributed by atoms with Crippen molar-refractivity contribution in [3.05, 3.63) is 88.1 Å². The lowest BCUT2D eigenvalue weighted by molar-refractivity contribution is -0.123. The number of ether oxygens (including phenoxy) is 2. The molecule has 0 saturated heterocycles. The molecule has 0 saturated carbocycles. The molecule has 2 amide bonds. The number of aryl methyl sites for hydroxylation is 1. The molecule has 5 rings (SSSR count). The summed E-state index contributed by atoms with van der Waals surface area (Å²) in [5, 5.41) is 15.1. The van der Waals surface area contributed by atoms with Crippen LogP contribution >= 0.6 is 23.1 Å². The molecule has 0 bridgehead atoms. The standard InChI is InChI=1S/C32H35N5O5S2/c1-3-41-31(40)28-24-16-10-11-17-25(24)44-30(28)34-29(39)21(2)43-32-36-35-26(37(32)19-22-12-6-4-7-13-22)18-33-27(38)20-42-23-14-8-5-9-15-23/h4-9,12-15,21H,3,10-11,16-20H2,1-2H3,(H,33,38)(H,34,39). The van der Waals surface area contributed by atoms with Gasteiger partial charge >= 0.3 is 5.97 Å². The van der Waals surface area contributed by atoms with Crippen LogP contribution in [0.5, 0.6) is 5.75 Å². The molecule has 4 aromatic rings. The van der Waals surface area contributed by atoms with E-state index in [0.717, 1.165) is 41.7 Å². The Kier molecular flexibility index (Phi) is 10.7. The number of aromatic nitrogens is 3. The molecule has 1 unspecified atom stereocenters. The minimum atomic E-state index is -0.551. The summed E-state index contributed by atoms with van der Waals surface area (Å²) in [6, 6.07) is 19.0. The Morgan fingerprint density at radius 2 is 1.75 bits per heavy atom. The topological polar surface area (TPSA) is 124 Å². The number of nitrogens with one attached hydrogen (secondary N) is 2. The van der Waals surface area contributed by atoms with Gasteiger partial charge in [0.1, 0.15) is 10.8 Å². The van der Waals surface area contributed by atoms with E-state index in [1.807, 2.05) is 53.1 Å². The third-order valence-corrected chi connectivity index (χ3v) is 9.36. The highest BCUT2D eigenvalue weighted by Gasteiger charge is 2.29. The first-order chi connectivity index (χ1) is 21.4. The number of carbonyl (C=O) groups excluding carboxylic acids is 3. The van der Waals surface area contributed by atoms with Crippen molar-refractivity contribution in [3.8, 4) is 5.75 Å². The molecule has 2 aromatic heterocycles. The minimum absolute atomic E-state index is 0.129. The van der Waals surface area contributed by atoms with Crippen molar-refractivity contribution in [2.24, 2.45) is 0 Å². The first-order valence-electron chi connectivity index (χ1n) is 14.6. The van der Waals surface area contributed by atoms with E-state index in [0.29, 0.717) is 33.8 Å². The van der Waals surface area contributed by atoms with Crippen LogP contribution in [0.25, 0.3) is 0 Å². The fraction of sp³-hybridized carbons (Fsp3) is 0.344. The Morgan fingerprint density at radius 1 is 1.02 bits per heavy atom. The summed E-state index contributed by atoms with van der Waals surface area (Å²) in [5.74, 6) is 0.221. The van der Waals surface area contributed by atoms with Gasteiger partial charge in [-0.3, -0.25) is 9.59 Å². The monoisotopic (exact) mass is 633 g/mol. The molecular formula is C32H35N5O5S2. The Hall–Kier alpha value is -4.16. The normalized spacial score (nSPS) is 13.0. The molecule has 1 atom stereocenters. The van der Waals surface area contributed by atoms with Crippen LogP contribution in [0.15, 0.2) is 65.8 Å². The van der Waals surface area contributed by atoms with E-state index in [2.05, 4.69) is 20.8 Å². The molecule has 230 valence electrons. The summed E-state index contributed by atoms with van der Waals surface area (Å²) in [7, 11) is 0. The van der Waals surface area contributed by atoms with Gasteiger partial charge in [-0.1, -0.05) is 60.3 Å². The lowest BCUT2D eigenvalue weighted by Gasteiger charge is -2.15. The van der Waals surface area contributed by atoms with Crippen molar-refractivity contribution in [3.63, 3.8) is 0 Å². The van der Waals surface area contributed by atoms with Gasteiger partial charge in [0.2, 0.25) is 5.91 Å². The second kappa shape index (κ2) is 15.0. The fourth-order valence-corrected chi connectivity index (χ4v) is 7.00. The number of nitrogens with zero attached hydrogens (tertiary/aromatic N) is 3. The maximum absolute atomic E-state index is 13.4. The number of thiophene rings is 1. The molecule has 12 heteroatoms. The van der Waals surface area contributed by atoms with Gasteiger partial charge in [-0.15, -0.1) is 21.5 Å². The summed E-state index contributed by atoms with van der Waals surface area (Å²) in [6.45, 7) is 4.31. The van der Waals surface area contributed by atoms with E-state index in [1.165, 1.54) is 23.1 Å². The number of rotatable bonds is 13. The second-order valence-corrected chi connectivity index (χ2v) is 12.6. The Labute approximate surface area is 264 Å². The van der Waals surface area contributed by atoms with Gasteiger partial charge in [0.15, 0.2) is 17.6 Å². The van der Waals surface area contributed by atoms with E-state index in [9.17, 15) is 14.4 Å². The summed E-state index contributed by atoms with van der Waals surface area (Å²) < 4.78 is 12.8. The summed E-state index contributed by atoms with van der Waals surface area (Å²) >= 11 is 2.73. The first kappa shape index (κ1) is 31.3. The fourth-order valence-electron chi connectivity index (χ4n) is 4.85. The van der Waals surface area contributed by atoms with Crippen LogP contribution in [0.2, 0.25) is 0 Å². The molecule has 0 spiro atoms. The molecule has 0 fully saturated rings. The number of fused-ring (bicyclic) bond motifs is 1. The number of hydrogen-bond acceptors (Lipinski definition) is 9. The molecule has 1 aliphatic rings. The van der Waals surface area contributed by atoms with Crippen LogP contribution in [0.4, 0.5) is 5.00 Å². The van der Waals surface area contributed by atoms with Gasteiger partial charge in [-0.2, -0.15) is 0 Å². The van der Waals surface area contributed by atoms with Gasteiger partial charge in [0.05, 0.1) is 30.5 Å². The zero-order valence-electron chi connectivity index (χ0n) is 24.7. The number of carbonyl (C=O) groups is 3. The van der Waals surface area contributed by atoms with Crippen molar-refractivity contribution < 1.29 is 23.9 Å². The predicted octanol–water partition coefficient (Wildman–Crippen LogP) is 5.26. The third-order valence-electron chi connectivity index (χ3n) is 7.07. The second-order valence-electron chi connectivity index (χ2n) is 10.2. The van der Waals surface area contributed by atoms with Gasteiger partial charge in [0, 0.05) is 4.88 Å². The van der Waals surface area contributed by atoms with E-state index >= 15 is 0 Å². The molecule has 2 aromatic carbocycles. The molecular weight excluding hydrogens is 599 g/mol. The molecule has 2 heterocycles. The van der Waals surface area contributed by atoms with Gasteiger partial charge in [-0.05, 0) is 62.8 Å². The van der Waals surface area contributed by atoms with Crippen molar-refractivity contribution in [2.45, 2.75) is 63.0 Å². The summed E-state index contributed by atoms with van der Waals surface area (Å²) in [5.41, 5.74) is 2.51. The molecule has 44 heavy (non-hydrogen) atoms. The number of esters is 1. The van der Waals surface area contributed by atoms with Crippen LogP contribution in [-0.2, 0) is 40.3 Å². The Balaban J connectivity index is 1.28. The highest BCUT2D eigenvalue weighted by atomic mass is 32.2. The van der Waals surface area contributed by atoms with Crippen molar-refractivity contribution in [2.75, 3.05) is 18.5 Å². The number of anilines is 1. The highest BCUT2D eigenvalue weighted by Crippen LogP contribution is 2.39. The molecule has 2 N–H and O–H groups in total. The number of thioether (sulfide) groups is 1. The van der Waals surface area contributed by atoms with Crippen LogP contribution < -0.4 is 15.4 Å².